The van der Waals surface area contributed by atoms with Crippen LogP contribution in [0.2, 0.25) is 0 Å². The van der Waals surface area contributed by atoms with E-state index in [9.17, 15) is 4.79 Å². The summed E-state index contributed by atoms with van der Waals surface area (Å²) < 4.78 is 1.09. The SMILES string of the molecule is CNC(=O)C(C)NC(C)c1sccc1Br. The zero-order valence-corrected chi connectivity index (χ0v) is 11.4. The molecule has 5 heteroatoms. The highest BCUT2D eigenvalue weighted by Gasteiger charge is 2.17. The molecule has 2 atom stereocenters. The van der Waals surface area contributed by atoms with Gasteiger partial charge in [-0.15, -0.1) is 11.3 Å². The van der Waals surface area contributed by atoms with Gasteiger partial charge in [-0.05, 0) is 41.2 Å². The second kappa shape index (κ2) is 5.63. The summed E-state index contributed by atoms with van der Waals surface area (Å²) in [7, 11) is 1.65. The summed E-state index contributed by atoms with van der Waals surface area (Å²) in [5.41, 5.74) is 0. The molecule has 0 bridgehead atoms. The topological polar surface area (TPSA) is 41.1 Å². The Kier molecular flexibility index (Phi) is 4.76. The van der Waals surface area contributed by atoms with Crippen molar-refractivity contribution in [1.82, 2.24) is 10.6 Å². The van der Waals surface area contributed by atoms with Crippen molar-refractivity contribution in [3.05, 3.63) is 20.8 Å². The molecule has 0 radical (unpaired) electrons. The molecule has 3 nitrogen and oxygen atoms in total. The maximum absolute atomic E-state index is 11.3. The number of amides is 1. The average molecular weight is 291 g/mol. The normalized spacial score (nSPS) is 14.7. The van der Waals surface area contributed by atoms with Gasteiger partial charge >= 0.3 is 0 Å². The molecule has 0 aliphatic carbocycles. The Bertz CT molecular complexity index is 340. The van der Waals surface area contributed by atoms with Crippen LogP contribution in [-0.4, -0.2) is 19.0 Å². The predicted octanol–water partition coefficient (Wildman–Crippen LogP) is 2.30. The molecule has 0 aliphatic heterocycles. The van der Waals surface area contributed by atoms with Gasteiger partial charge in [0.15, 0.2) is 0 Å². The summed E-state index contributed by atoms with van der Waals surface area (Å²) in [5.74, 6) is 0.00882. The average Bonchev–Trinajstić information content (AvgIpc) is 2.63. The first-order chi connectivity index (χ1) is 7.06. The summed E-state index contributed by atoms with van der Waals surface area (Å²) in [4.78, 5) is 12.5. The molecule has 2 unspecified atom stereocenters. The van der Waals surface area contributed by atoms with Crippen LogP contribution in [0.4, 0.5) is 0 Å². The largest absolute Gasteiger partial charge is 0.358 e. The van der Waals surface area contributed by atoms with Crippen LogP contribution in [0.15, 0.2) is 15.9 Å². The van der Waals surface area contributed by atoms with Crippen LogP contribution < -0.4 is 10.6 Å². The lowest BCUT2D eigenvalue weighted by Gasteiger charge is -2.18. The molecule has 0 fully saturated rings. The molecular weight excluding hydrogens is 276 g/mol. The van der Waals surface area contributed by atoms with Gasteiger partial charge in [-0.3, -0.25) is 10.1 Å². The van der Waals surface area contributed by atoms with Crippen molar-refractivity contribution in [3.8, 4) is 0 Å². The van der Waals surface area contributed by atoms with Gasteiger partial charge < -0.3 is 5.32 Å². The zero-order valence-electron chi connectivity index (χ0n) is 9.00. The van der Waals surface area contributed by atoms with E-state index in [2.05, 4.69) is 33.5 Å². The molecule has 1 aromatic heterocycles. The highest BCUT2D eigenvalue weighted by Crippen LogP contribution is 2.28. The Morgan fingerprint density at radius 2 is 2.20 bits per heavy atom. The molecule has 0 saturated carbocycles. The van der Waals surface area contributed by atoms with E-state index in [1.54, 1.807) is 18.4 Å². The number of rotatable bonds is 4. The van der Waals surface area contributed by atoms with Gasteiger partial charge in [0, 0.05) is 22.4 Å². The van der Waals surface area contributed by atoms with E-state index >= 15 is 0 Å². The van der Waals surface area contributed by atoms with Crippen LogP contribution in [0.1, 0.15) is 24.8 Å². The molecule has 0 spiro atoms. The number of carbonyl (C=O) groups is 1. The third-order valence-corrected chi connectivity index (χ3v) is 4.23. The number of carbonyl (C=O) groups excluding carboxylic acids is 1. The zero-order chi connectivity index (χ0) is 11.4. The molecule has 84 valence electrons. The van der Waals surface area contributed by atoms with Crippen LogP contribution in [-0.2, 0) is 4.79 Å². The lowest BCUT2D eigenvalue weighted by atomic mass is 10.2. The predicted molar refractivity (Wildman–Crippen MR) is 67.1 cm³/mol. The van der Waals surface area contributed by atoms with Crippen LogP contribution in [0.25, 0.3) is 0 Å². The van der Waals surface area contributed by atoms with Crippen molar-refractivity contribution in [2.24, 2.45) is 0 Å². The minimum atomic E-state index is -0.181. The fourth-order valence-electron chi connectivity index (χ4n) is 1.36. The molecule has 1 rings (SSSR count). The molecule has 0 saturated heterocycles. The number of halogens is 1. The van der Waals surface area contributed by atoms with Crippen LogP contribution >= 0.6 is 27.3 Å². The lowest BCUT2D eigenvalue weighted by Crippen LogP contribution is -2.41. The standard InChI is InChI=1S/C10H15BrN2OS/c1-6(9-8(11)4-5-15-9)13-7(2)10(14)12-3/h4-7,13H,1-3H3,(H,12,14). The molecule has 0 aliphatic rings. The van der Waals surface area contributed by atoms with Gasteiger partial charge in [0.05, 0.1) is 6.04 Å². The molecule has 1 heterocycles. The van der Waals surface area contributed by atoms with E-state index in [1.165, 1.54) is 4.88 Å². The fraction of sp³-hybridized carbons (Fsp3) is 0.500. The highest BCUT2D eigenvalue weighted by molar-refractivity contribution is 9.10. The third-order valence-electron chi connectivity index (χ3n) is 2.18. The number of nitrogens with one attached hydrogen (secondary N) is 2. The van der Waals surface area contributed by atoms with E-state index in [-0.39, 0.29) is 18.0 Å². The minimum absolute atomic E-state index is 0.00882. The van der Waals surface area contributed by atoms with Crippen LogP contribution in [0.5, 0.6) is 0 Å². The summed E-state index contributed by atoms with van der Waals surface area (Å²) in [6.07, 6.45) is 0. The first-order valence-electron chi connectivity index (χ1n) is 4.76. The number of thiophene rings is 1. The lowest BCUT2D eigenvalue weighted by molar-refractivity contribution is -0.122. The minimum Gasteiger partial charge on any atom is -0.358 e. The Balaban J connectivity index is 2.60. The molecule has 0 aromatic carbocycles. The van der Waals surface area contributed by atoms with Crippen molar-refractivity contribution in [1.29, 1.82) is 0 Å². The summed E-state index contributed by atoms with van der Waals surface area (Å²) >= 11 is 5.16. The Labute approximate surface area is 102 Å². The molecule has 2 N–H and O–H groups in total. The molecule has 1 aromatic rings. The monoisotopic (exact) mass is 290 g/mol. The van der Waals surface area contributed by atoms with Crippen molar-refractivity contribution >= 4 is 33.2 Å². The molecule has 15 heavy (non-hydrogen) atoms. The van der Waals surface area contributed by atoms with Gasteiger partial charge in [0.1, 0.15) is 0 Å². The van der Waals surface area contributed by atoms with Crippen LogP contribution in [0, 0.1) is 0 Å². The Morgan fingerprint density at radius 1 is 1.53 bits per heavy atom. The number of hydrogen-bond acceptors (Lipinski definition) is 3. The second-order valence-electron chi connectivity index (χ2n) is 3.36. The van der Waals surface area contributed by atoms with Gasteiger partial charge in [-0.25, -0.2) is 0 Å². The third kappa shape index (κ3) is 3.29. The van der Waals surface area contributed by atoms with Crippen molar-refractivity contribution < 1.29 is 4.79 Å². The van der Waals surface area contributed by atoms with E-state index in [0.717, 1.165) is 4.47 Å². The molecule has 1 amide bonds. The van der Waals surface area contributed by atoms with Crippen molar-refractivity contribution in [3.63, 3.8) is 0 Å². The number of likely N-dealkylation sites (N-methyl/N-ethyl adjacent to an activating group) is 1. The van der Waals surface area contributed by atoms with E-state index in [4.69, 9.17) is 0 Å². The first-order valence-corrected chi connectivity index (χ1v) is 6.44. The maximum Gasteiger partial charge on any atom is 0.236 e. The van der Waals surface area contributed by atoms with Crippen LogP contribution in [0.3, 0.4) is 0 Å². The van der Waals surface area contributed by atoms with E-state index < -0.39 is 0 Å². The Morgan fingerprint density at radius 3 is 2.67 bits per heavy atom. The van der Waals surface area contributed by atoms with Crippen molar-refractivity contribution in [2.45, 2.75) is 25.9 Å². The summed E-state index contributed by atoms with van der Waals surface area (Å²) in [5, 5.41) is 7.89. The smallest absolute Gasteiger partial charge is 0.236 e. The maximum atomic E-state index is 11.3. The van der Waals surface area contributed by atoms with E-state index in [0.29, 0.717) is 0 Å². The van der Waals surface area contributed by atoms with E-state index in [1.807, 2.05) is 18.4 Å². The van der Waals surface area contributed by atoms with Gasteiger partial charge in [0.2, 0.25) is 5.91 Å². The van der Waals surface area contributed by atoms with Crippen molar-refractivity contribution in [2.75, 3.05) is 7.05 Å². The highest BCUT2D eigenvalue weighted by atomic mass is 79.9. The number of hydrogen-bond donors (Lipinski definition) is 2. The fourth-order valence-corrected chi connectivity index (χ4v) is 3.09. The second-order valence-corrected chi connectivity index (χ2v) is 5.16. The summed E-state index contributed by atoms with van der Waals surface area (Å²) in [6, 6.07) is 2.01. The molecular formula is C10H15BrN2OS. The van der Waals surface area contributed by atoms with Gasteiger partial charge in [-0.1, -0.05) is 0 Å². The first kappa shape index (κ1) is 12.7. The van der Waals surface area contributed by atoms with Gasteiger partial charge in [-0.2, -0.15) is 0 Å². The van der Waals surface area contributed by atoms with Gasteiger partial charge in [0.25, 0.3) is 0 Å². The quantitative estimate of drug-likeness (QED) is 0.893. The Hall–Kier alpha value is -0.390. The summed E-state index contributed by atoms with van der Waals surface area (Å²) in [6.45, 7) is 3.91.